The number of nitrogen functional groups attached to an aromatic ring is 2. The van der Waals surface area contributed by atoms with Crippen LogP contribution in [0.5, 0.6) is 0 Å². The van der Waals surface area contributed by atoms with Crippen LogP contribution in [0.2, 0.25) is 0 Å². The molecule has 4 rings (SSSR count). The molecular weight excluding hydrogens is 665 g/mol. The predicted molar refractivity (Wildman–Crippen MR) is 243 cm³/mol. The summed E-state index contributed by atoms with van der Waals surface area (Å²) in [6.07, 6.45) is 30.5. The van der Waals surface area contributed by atoms with Gasteiger partial charge in [-0.3, -0.25) is 0 Å². The minimum atomic E-state index is 0.405. The Kier molecular flexibility index (Phi) is 21.2. The molecule has 0 amide bonds. The van der Waals surface area contributed by atoms with Crippen molar-refractivity contribution in [3.05, 3.63) is 130 Å². The lowest BCUT2D eigenvalue weighted by molar-refractivity contribution is 0.545. The smallest absolute Gasteiger partial charge is 0.0314 e. The molecule has 0 aliphatic rings. The van der Waals surface area contributed by atoms with Crippen LogP contribution in [0.3, 0.4) is 0 Å². The molecule has 0 saturated carbocycles. The summed E-state index contributed by atoms with van der Waals surface area (Å²) in [5.74, 6) is 1.22. The molecule has 0 bridgehead atoms. The zero-order valence-corrected chi connectivity index (χ0v) is 35.4. The molecule has 0 saturated heterocycles. The van der Waals surface area contributed by atoms with Crippen LogP contribution in [0.4, 0.5) is 11.4 Å². The molecule has 2 atom stereocenters. The maximum atomic E-state index is 6.12. The highest BCUT2D eigenvalue weighted by molar-refractivity contribution is 5.45. The van der Waals surface area contributed by atoms with Gasteiger partial charge in [0.25, 0.3) is 0 Å². The van der Waals surface area contributed by atoms with Crippen LogP contribution >= 0.6 is 0 Å². The number of hydrogen-bond acceptors (Lipinski definition) is 2. The van der Waals surface area contributed by atoms with E-state index in [2.05, 4.69) is 118 Å². The lowest BCUT2D eigenvalue weighted by atomic mass is 9.82. The van der Waals surface area contributed by atoms with Crippen molar-refractivity contribution in [1.29, 1.82) is 0 Å². The van der Waals surface area contributed by atoms with Gasteiger partial charge in [0.2, 0.25) is 0 Å². The molecule has 0 spiro atoms. The Morgan fingerprint density at radius 1 is 0.273 bits per heavy atom. The van der Waals surface area contributed by atoms with Gasteiger partial charge in [-0.2, -0.15) is 0 Å². The molecule has 4 aromatic rings. The van der Waals surface area contributed by atoms with E-state index in [1.165, 1.54) is 181 Å². The summed E-state index contributed by atoms with van der Waals surface area (Å²) in [6.45, 7) is 6.91. The summed E-state index contributed by atoms with van der Waals surface area (Å²) in [7, 11) is 0. The van der Waals surface area contributed by atoms with Crippen molar-refractivity contribution in [3.63, 3.8) is 0 Å². The molecule has 0 aliphatic carbocycles. The van der Waals surface area contributed by atoms with Crippen LogP contribution in [0.15, 0.2) is 97.1 Å². The number of anilines is 2. The average Bonchev–Trinajstić information content (AvgIpc) is 3.21. The number of unbranched alkanes of at least 4 members (excludes halogenated alkanes) is 17. The fraction of sp³-hybridized carbons (Fsp3) is 0.547. The normalized spacial score (nSPS) is 13.1. The molecule has 2 nitrogen and oxygen atoms in total. The third-order valence-corrected chi connectivity index (χ3v) is 12.2. The van der Waals surface area contributed by atoms with E-state index in [4.69, 9.17) is 11.5 Å². The van der Waals surface area contributed by atoms with Crippen molar-refractivity contribution in [2.75, 3.05) is 11.5 Å². The summed E-state index contributed by atoms with van der Waals surface area (Å²) in [5, 5.41) is 0. The number of rotatable bonds is 29. The molecule has 0 aliphatic heterocycles. The van der Waals surface area contributed by atoms with Crippen molar-refractivity contribution in [2.24, 2.45) is 0 Å². The highest BCUT2D eigenvalue weighted by Crippen LogP contribution is 2.37. The Morgan fingerprint density at radius 2 is 0.473 bits per heavy atom. The van der Waals surface area contributed by atoms with Crippen molar-refractivity contribution in [2.45, 2.75) is 186 Å². The van der Waals surface area contributed by atoms with Gasteiger partial charge >= 0.3 is 0 Å². The second-order valence-corrected chi connectivity index (χ2v) is 16.7. The summed E-state index contributed by atoms with van der Waals surface area (Å²) in [5.41, 5.74) is 22.4. The van der Waals surface area contributed by atoms with Gasteiger partial charge in [-0.25, -0.2) is 0 Å². The zero-order valence-electron chi connectivity index (χ0n) is 35.4. The van der Waals surface area contributed by atoms with E-state index in [0.717, 1.165) is 11.4 Å². The maximum Gasteiger partial charge on any atom is 0.0314 e. The van der Waals surface area contributed by atoms with Crippen LogP contribution in [0.25, 0.3) is 0 Å². The quantitative estimate of drug-likeness (QED) is 0.0430. The van der Waals surface area contributed by atoms with E-state index < -0.39 is 0 Å². The van der Waals surface area contributed by atoms with Crippen LogP contribution < -0.4 is 11.5 Å². The van der Waals surface area contributed by atoms with E-state index in [1.807, 2.05) is 0 Å². The lowest BCUT2D eigenvalue weighted by Crippen LogP contribution is -2.06. The van der Waals surface area contributed by atoms with Crippen LogP contribution in [-0.4, -0.2) is 0 Å². The fourth-order valence-electron chi connectivity index (χ4n) is 8.68. The third kappa shape index (κ3) is 15.9. The van der Waals surface area contributed by atoms with Gasteiger partial charge in [-0.15, -0.1) is 0 Å². The highest BCUT2D eigenvalue weighted by Gasteiger charge is 2.19. The molecule has 0 aromatic heterocycles. The van der Waals surface area contributed by atoms with Gasteiger partial charge in [0.1, 0.15) is 0 Å². The SMILES string of the molecule is CCCCCCCCCCCC(c1ccc(N)cc1)c1ccc(C(CCCC)c2ccc(C(CCCCCCCCCCC)c3ccc(N)cc3)cc2)cc1. The second kappa shape index (κ2) is 26.4. The maximum absolute atomic E-state index is 6.12. The van der Waals surface area contributed by atoms with E-state index in [-0.39, 0.29) is 0 Å². The van der Waals surface area contributed by atoms with Crippen molar-refractivity contribution in [3.8, 4) is 0 Å². The highest BCUT2D eigenvalue weighted by atomic mass is 14.5. The molecule has 0 radical (unpaired) electrons. The Hall–Kier alpha value is -3.52. The van der Waals surface area contributed by atoms with Crippen molar-refractivity contribution in [1.82, 2.24) is 0 Å². The Morgan fingerprint density at radius 3 is 0.727 bits per heavy atom. The Bertz CT molecular complexity index is 1400. The standard InChI is InChI=1S/C53H78N2/c1-4-7-10-12-14-16-18-20-22-25-52(47-35-39-49(54)40-36-47)45-31-27-43(28-32-45)51(24-9-6-3)44-29-33-46(34-30-44)53(48-37-41-50(55)42-38-48)26-23-21-19-17-15-13-11-8-5-2/h27-42,51-53H,4-26,54-55H2,1-3H3. The van der Waals surface area contributed by atoms with Gasteiger partial charge in [-0.05, 0) is 76.9 Å². The summed E-state index contributed by atoms with van der Waals surface area (Å²) in [6, 6.07) is 36.8. The summed E-state index contributed by atoms with van der Waals surface area (Å²) < 4.78 is 0. The van der Waals surface area contributed by atoms with Crippen LogP contribution in [-0.2, 0) is 0 Å². The first-order chi connectivity index (χ1) is 27.0. The average molecular weight is 743 g/mol. The molecule has 55 heavy (non-hydrogen) atoms. The lowest BCUT2D eigenvalue weighted by Gasteiger charge is -2.23. The van der Waals surface area contributed by atoms with Gasteiger partial charge in [0.15, 0.2) is 0 Å². The second-order valence-electron chi connectivity index (χ2n) is 16.7. The summed E-state index contributed by atoms with van der Waals surface area (Å²) >= 11 is 0. The first kappa shape index (κ1) is 44.2. The zero-order chi connectivity index (χ0) is 38.9. The topological polar surface area (TPSA) is 52.0 Å². The molecule has 0 fully saturated rings. The van der Waals surface area contributed by atoms with Gasteiger partial charge in [-0.1, -0.05) is 222 Å². The minimum absolute atomic E-state index is 0.405. The summed E-state index contributed by atoms with van der Waals surface area (Å²) in [4.78, 5) is 0. The predicted octanol–water partition coefficient (Wildman–Crippen LogP) is 16.3. The fourth-order valence-corrected chi connectivity index (χ4v) is 8.68. The number of hydrogen-bond donors (Lipinski definition) is 2. The molecule has 2 unspecified atom stereocenters. The molecule has 2 heteroatoms. The van der Waals surface area contributed by atoms with Crippen molar-refractivity contribution >= 4 is 11.4 Å². The minimum Gasteiger partial charge on any atom is -0.399 e. The first-order valence-corrected chi connectivity index (χ1v) is 22.9. The van der Waals surface area contributed by atoms with Crippen LogP contribution in [0, 0.1) is 0 Å². The van der Waals surface area contributed by atoms with Gasteiger partial charge in [0, 0.05) is 29.1 Å². The third-order valence-electron chi connectivity index (χ3n) is 12.2. The van der Waals surface area contributed by atoms with Gasteiger partial charge < -0.3 is 11.5 Å². The molecular formula is C53H78N2. The molecule has 300 valence electrons. The van der Waals surface area contributed by atoms with Crippen molar-refractivity contribution < 1.29 is 0 Å². The monoisotopic (exact) mass is 743 g/mol. The van der Waals surface area contributed by atoms with Crippen LogP contribution in [0.1, 0.15) is 220 Å². The molecule has 0 heterocycles. The number of nitrogens with two attached hydrogens (primary N) is 2. The van der Waals surface area contributed by atoms with E-state index in [9.17, 15) is 0 Å². The number of benzene rings is 4. The van der Waals surface area contributed by atoms with E-state index >= 15 is 0 Å². The Labute approximate surface area is 338 Å². The molecule has 4 N–H and O–H groups in total. The van der Waals surface area contributed by atoms with Gasteiger partial charge in [0.05, 0.1) is 0 Å². The largest absolute Gasteiger partial charge is 0.399 e. The first-order valence-electron chi connectivity index (χ1n) is 22.9. The molecule has 4 aromatic carbocycles. The van der Waals surface area contributed by atoms with E-state index in [1.54, 1.807) is 0 Å². The van der Waals surface area contributed by atoms with E-state index in [0.29, 0.717) is 17.8 Å². The Balaban J connectivity index is 1.44.